The SMILES string of the molecule is CCC1(CC(N)=O)CCN(C(=O)C(CC(C)C)N2CCN[C@@H](CC(C)C)C2=O)CC1. The molecule has 1 unspecified atom stereocenters. The number of carbonyl (C=O) groups is 3. The van der Waals surface area contributed by atoms with Gasteiger partial charge in [0.25, 0.3) is 0 Å². The molecule has 0 radical (unpaired) electrons. The molecule has 2 aliphatic heterocycles. The van der Waals surface area contributed by atoms with E-state index in [1.54, 1.807) is 0 Å². The molecule has 0 spiro atoms. The summed E-state index contributed by atoms with van der Waals surface area (Å²) in [6.45, 7) is 13.1. The molecule has 0 aromatic carbocycles. The minimum absolute atomic E-state index is 0.0580. The third-order valence-corrected chi connectivity index (χ3v) is 6.82. The molecular formula is C23H42N4O3. The van der Waals surface area contributed by atoms with E-state index in [4.69, 9.17) is 5.73 Å². The van der Waals surface area contributed by atoms with Gasteiger partial charge in [0, 0.05) is 32.6 Å². The second-order valence-corrected chi connectivity index (χ2v) is 10.1. The Hall–Kier alpha value is -1.63. The largest absolute Gasteiger partial charge is 0.370 e. The van der Waals surface area contributed by atoms with Gasteiger partial charge in [0.15, 0.2) is 0 Å². The molecule has 2 aliphatic rings. The standard InChI is InChI=1S/C23H42N4O3/c1-6-23(15-20(24)28)7-10-26(11-8-23)22(30)19(14-17(4)5)27-12-9-25-18(21(27)29)13-16(2)3/h16-19,25H,6-15H2,1-5H3,(H2,24,28)/t18-,19?/m0/s1. The van der Waals surface area contributed by atoms with Gasteiger partial charge in [-0.2, -0.15) is 0 Å². The number of primary amides is 1. The Kier molecular flexibility index (Phi) is 8.71. The Bertz CT molecular complexity index is 612. The molecule has 30 heavy (non-hydrogen) atoms. The molecule has 2 atom stereocenters. The van der Waals surface area contributed by atoms with Crippen LogP contribution in [0.5, 0.6) is 0 Å². The minimum atomic E-state index is -0.403. The van der Waals surface area contributed by atoms with Gasteiger partial charge in [0.1, 0.15) is 6.04 Å². The Morgan fingerprint density at radius 3 is 2.27 bits per heavy atom. The summed E-state index contributed by atoms with van der Waals surface area (Å²) in [7, 11) is 0. The summed E-state index contributed by atoms with van der Waals surface area (Å²) in [4.78, 5) is 42.0. The van der Waals surface area contributed by atoms with Gasteiger partial charge in [-0.1, -0.05) is 34.6 Å². The van der Waals surface area contributed by atoms with Crippen molar-refractivity contribution in [3.05, 3.63) is 0 Å². The van der Waals surface area contributed by atoms with Gasteiger partial charge in [0.05, 0.1) is 6.04 Å². The van der Waals surface area contributed by atoms with Gasteiger partial charge in [-0.15, -0.1) is 0 Å². The second kappa shape index (κ2) is 10.6. The van der Waals surface area contributed by atoms with Gasteiger partial charge >= 0.3 is 0 Å². The van der Waals surface area contributed by atoms with Crippen LogP contribution in [0.25, 0.3) is 0 Å². The fourth-order valence-electron chi connectivity index (χ4n) is 4.97. The van der Waals surface area contributed by atoms with Crippen molar-refractivity contribution in [3.8, 4) is 0 Å². The van der Waals surface area contributed by atoms with E-state index in [-0.39, 0.29) is 29.2 Å². The number of piperidine rings is 1. The van der Waals surface area contributed by atoms with Crippen LogP contribution in [-0.4, -0.2) is 65.8 Å². The first-order chi connectivity index (χ1) is 14.1. The Labute approximate surface area is 182 Å². The van der Waals surface area contributed by atoms with Crippen LogP contribution in [0.1, 0.15) is 73.1 Å². The average Bonchev–Trinajstić information content (AvgIpc) is 2.67. The highest BCUT2D eigenvalue weighted by Gasteiger charge is 2.41. The van der Waals surface area contributed by atoms with Gasteiger partial charge in [0.2, 0.25) is 17.7 Å². The lowest BCUT2D eigenvalue weighted by Gasteiger charge is -2.44. The van der Waals surface area contributed by atoms with Crippen LogP contribution >= 0.6 is 0 Å². The first-order valence-corrected chi connectivity index (χ1v) is 11.7. The van der Waals surface area contributed by atoms with Gasteiger partial charge in [-0.3, -0.25) is 14.4 Å². The van der Waals surface area contributed by atoms with Crippen molar-refractivity contribution in [1.29, 1.82) is 0 Å². The maximum atomic E-state index is 13.5. The molecule has 0 aromatic rings. The van der Waals surface area contributed by atoms with Crippen LogP contribution in [0.3, 0.4) is 0 Å². The molecule has 172 valence electrons. The summed E-state index contributed by atoms with van der Waals surface area (Å²) in [5.41, 5.74) is 5.38. The molecule has 3 amide bonds. The fraction of sp³-hybridized carbons (Fsp3) is 0.870. The first-order valence-electron chi connectivity index (χ1n) is 11.7. The van der Waals surface area contributed by atoms with E-state index in [1.165, 1.54) is 0 Å². The summed E-state index contributed by atoms with van der Waals surface area (Å²) in [6, 6.07) is -0.606. The van der Waals surface area contributed by atoms with E-state index in [2.05, 4.69) is 39.9 Å². The lowest BCUT2D eigenvalue weighted by atomic mass is 9.73. The van der Waals surface area contributed by atoms with Crippen LogP contribution in [0.2, 0.25) is 0 Å². The second-order valence-electron chi connectivity index (χ2n) is 10.1. The number of amides is 3. The number of carbonyl (C=O) groups excluding carboxylic acids is 3. The molecule has 0 saturated carbocycles. The van der Waals surface area contributed by atoms with Crippen molar-refractivity contribution in [3.63, 3.8) is 0 Å². The van der Waals surface area contributed by atoms with Crippen molar-refractivity contribution < 1.29 is 14.4 Å². The highest BCUT2D eigenvalue weighted by molar-refractivity contribution is 5.90. The minimum Gasteiger partial charge on any atom is -0.370 e. The number of hydrogen-bond donors (Lipinski definition) is 2. The van der Waals surface area contributed by atoms with Crippen LogP contribution in [0.15, 0.2) is 0 Å². The zero-order valence-corrected chi connectivity index (χ0v) is 19.6. The van der Waals surface area contributed by atoms with Crippen molar-refractivity contribution in [2.75, 3.05) is 26.2 Å². The summed E-state index contributed by atoms with van der Waals surface area (Å²) in [5, 5.41) is 3.33. The monoisotopic (exact) mass is 422 g/mol. The van der Waals surface area contributed by atoms with Crippen molar-refractivity contribution in [2.24, 2.45) is 23.0 Å². The highest BCUT2D eigenvalue weighted by atomic mass is 16.2. The molecule has 2 rings (SSSR count). The zero-order valence-electron chi connectivity index (χ0n) is 19.6. The van der Waals surface area contributed by atoms with E-state index in [0.717, 1.165) is 32.2 Å². The number of nitrogens with zero attached hydrogens (tertiary/aromatic N) is 2. The molecule has 0 aromatic heterocycles. The molecular weight excluding hydrogens is 380 g/mol. The zero-order chi connectivity index (χ0) is 22.5. The molecule has 0 aliphatic carbocycles. The van der Waals surface area contributed by atoms with E-state index in [9.17, 15) is 14.4 Å². The average molecular weight is 423 g/mol. The summed E-state index contributed by atoms with van der Waals surface area (Å²) >= 11 is 0. The van der Waals surface area contributed by atoms with Crippen molar-refractivity contribution >= 4 is 17.7 Å². The number of rotatable bonds is 9. The van der Waals surface area contributed by atoms with Crippen molar-refractivity contribution in [2.45, 2.75) is 85.2 Å². The molecule has 7 nitrogen and oxygen atoms in total. The fourth-order valence-corrected chi connectivity index (χ4v) is 4.97. The molecule has 3 N–H and O–H groups in total. The molecule has 2 saturated heterocycles. The Morgan fingerprint density at radius 2 is 1.77 bits per heavy atom. The molecule has 2 heterocycles. The van der Waals surface area contributed by atoms with Crippen LogP contribution in [-0.2, 0) is 14.4 Å². The topological polar surface area (TPSA) is 95.7 Å². The predicted molar refractivity (Wildman–Crippen MR) is 119 cm³/mol. The van der Waals surface area contributed by atoms with E-state index >= 15 is 0 Å². The Balaban J connectivity index is 2.12. The quantitative estimate of drug-likeness (QED) is 0.595. The maximum Gasteiger partial charge on any atom is 0.245 e. The number of likely N-dealkylation sites (tertiary alicyclic amines) is 1. The predicted octanol–water partition coefficient (Wildman–Crippen LogP) is 2.14. The van der Waals surface area contributed by atoms with Crippen LogP contribution in [0.4, 0.5) is 0 Å². The smallest absolute Gasteiger partial charge is 0.245 e. The van der Waals surface area contributed by atoms with Gasteiger partial charge in [-0.25, -0.2) is 0 Å². The van der Waals surface area contributed by atoms with Crippen molar-refractivity contribution in [1.82, 2.24) is 15.1 Å². The lowest BCUT2D eigenvalue weighted by molar-refractivity contribution is -0.151. The van der Waals surface area contributed by atoms with Crippen LogP contribution in [0, 0.1) is 17.3 Å². The molecule has 0 bridgehead atoms. The van der Waals surface area contributed by atoms with Crippen LogP contribution < -0.4 is 11.1 Å². The lowest BCUT2D eigenvalue weighted by Crippen LogP contribution is -2.62. The third-order valence-electron chi connectivity index (χ3n) is 6.82. The highest BCUT2D eigenvalue weighted by Crippen LogP contribution is 2.38. The molecule has 7 heteroatoms. The number of nitrogens with one attached hydrogen (secondary N) is 1. The van der Waals surface area contributed by atoms with E-state index < -0.39 is 6.04 Å². The maximum absolute atomic E-state index is 13.5. The summed E-state index contributed by atoms with van der Waals surface area (Å²) in [5.74, 6) is 0.588. The number of hydrogen-bond acceptors (Lipinski definition) is 4. The summed E-state index contributed by atoms with van der Waals surface area (Å²) < 4.78 is 0. The Morgan fingerprint density at radius 1 is 1.13 bits per heavy atom. The summed E-state index contributed by atoms with van der Waals surface area (Å²) in [6.07, 6.45) is 4.31. The first kappa shape index (κ1) is 24.6. The van der Waals surface area contributed by atoms with Gasteiger partial charge in [-0.05, 0) is 49.4 Å². The van der Waals surface area contributed by atoms with Gasteiger partial charge < -0.3 is 20.9 Å². The molecule has 2 fully saturated rings. The van der Waals surface area contributed by atoms with E-state index in [1.807, 2.05) is 9.80 Å². The number of nitrogens with two attached hydrogens (primary N) is 1. The third kappa shape index (κ3) is 6.19. The van der Waals surface area contributed by atoms with E-state index in [0.29, 0.717) is 44.3 Å². The number of piperazine rings is 1. The normalized spacial score (nSPS) is 23.2.